The molecule has 0 aliphatic heterocycles. The Kier molecular flexibility index (Phi) is 9.06. The fraction of sp³-hybridized carbons (Fsp3) is 0.167. The second-order valence-electron chi connectivity index (χ2n) is 6.79. The highest BCUT2D eigenvalue weighted by molar-refractivity contribution is 5.94. The first-order valence-electron chi connectivity index (χ1n) is 9.57. The fourth-order valence-electron chi connectivity index (χ4n) is 2.99. The molecular weight excluding hydrogens is 414 g/mol. The van der Waals surface area contributed by atoms with E-state index in [0.29, 0.717) is 30.0 Å². The second kappa shape index (κ2) is 11.7. The van der Waals surface area contributed by atoms with Crippen molar-refractivity contribution in [2.45, 2.75) is 19.3 Å². The Labute approximate surface area is 188 Å². The van der Waals surface area contributed by atoms with Gasteiger partial charge in [-0.15, -0.1) is 12.4 Å². The zero-order valence-corrected chi connectivity index (χ0v) is 18.0. The summed E-state index contributed by atoms with van der Waals surface area (Å²) in [7, 11) is 1.50. The van der Waals surface area contributed by atoms with Crippen molar-refractivity contribution in [2.24, 2.45) is 5.73 Å². The molecule has 0 radical (unpaired) electrons. The number of amides is 1. The third kappa shape index (κ3) is 6.84. The molecule has 1 atom stereocenters. The maximum atomic E-state index is 12.7. The predicted octanol–water partition coefficient (Wildman–Crippen LogP) is 3.98. The summed E-state index contributed by atoms with van der Waals surface area (Å²) in [6, 6.07) is 24.4. The van der Waals surface area contributed by atoms with Crippen LogP contribution in [0, 0.1) is 5.41 Å². The van der Waals surface area contributed by atoms with Crippen molar-refractivity contribution in [3.63, 3.8) is 0 Å². The highest BCUT2D eigenvalue weighted by atomic mass is 35.5. The number of amidine groups is 1. The predicted molar refractivity (Wildman–Crippen MR) is 124 cm³/mol. The van der Waals surface area contributed by atoms with Gasteiger partial charge in [-0.1, -0.05) is 66.7 Å². The number of carbonyl (C=O) groups is 1. The molecule has 0 saturated carbocycles. The molecule has 7 heteroatoms. The molecule has 0 aliphatic rings. The Morgan fingerprint density at radius 3 is 2.35 bits per heavy atom. The SMILES string of the molecule is CO[C@H](C(=O)NCc1ccc(C(=N)N)cc1)c1cccc(OCc2ccccc2)c1.Cl. The van der Waals surface area contributed by atoms with E-state index in [4.69, 9.17) is 20.6 Å². The molecule has 0 spiro atoms. The van der Waals surface area contributed by atoms with Gasteiger partial charge in [0.05, 0.1) is 0 Å². The minimum Gasteiger partial charge on any atom is -0.489 e. The maximum Gasteiger partial charge on any atom is 0.254 e. The summed E-state index contributed by atoms with van der Waals surface area (Å²) < 4.78 is 11.3. The Hall–Kier alpha value is -3.35. The lowest BCUT2D eigenvalue weighted by molar-refractivity contribution is -0.131. The number of benzene rings is 3. The number of methoxy groups -OCH3 is 1. The van der Waals surface area contributed by atoms with Gasteiger partial charge >= 0.3 is 0 Å². The standard InChI is InChI=1S/C24H25N3O3.ClH/c1-29-22(24(28)27-15-17-10-12-19(13-11-17)23(25)26)20-8-5-9-21(14-20)30-16-18-6-3-2-4-7-18;/h2-14,22H,15-16H2,1H3,(H3,25,26)(H,27,28);1H/t22-;/m0./s1. The molecule has 0 fully saturated rings. The number of nitrogen functional groups attached to an aromatic ring is 1. The third-order valence-electron chi connectivity index (χ3n) is 4.61. The number of rotatable bonds is 9. The fourth-order valence-corrected chi connectivity index (χ4v) is 2.99. The number of hydrogen-bond acceptors (Lipinski definition) is 4. The quantitative estimate of drug-likeness (QED) is 0.347. The third-order valence-corrected chi connectivity index (χ3v) is 4.61. The molecule has 162 valence electrons. The van der Waals surface area contributed by atoms with Crippen LogP contribution < -0.4 is 15.8 Å². The van der Waals surface area contributed by atoms with Crippen LogP contribution in [-0.4, -0.2) is 18.9 Å². The van der Waals surface area contributed by atoms with Gasteiger partial charge in [-0.05, 0) is 28.8 Å². The second-order valence-corrected chi connectivity index (χ2v) is 6.79. The highest BCUT2D eigenvalue weighted by Crippen LogP contribution is 2.23. The molecule has 31 heavy (non-hydrogen) atoms. The molecule has 3 aromatic rings. The van der Waals surface area contributed by atoms with E-state index in [1.807, 2.05) is 66.7 Å². The Bertz CT molecular complexity index is 994. The van der Waals surface area contributed by atoms with E-state index in [-0.39, 0.29) is 24.1 Å². The van der Waals surface area contributed by atoms with Crippen LogP contribution in [-0.2, 0) is 22.7 Å². The molecule has 0 unspecified atom stereocenters. The van der Waals surface area contributed by atoms with Gasteiger partial charge < -0.3 is 20.5 Å². The Balaban J connectivity index is 0.00000341. The summed E-state index contributed by atoms with van der Waals surface area (Å²) >= 11 is 0. The molecule has 3 aromatic carbocycles. The largest absolute Gasteiger partial charge is 0.489 e. The monoisotopic (exact) mass is 439 g/mol. The van der Waals surface area contributed by atoms with E-state index in [0.717, 1.165) is 11.1 Å². The number of hydrogen-bond donors (Lipinski definition) is 3. The van der Waals surface area contributed by atoms with Crippen LogP contribution in [0.2, 0.25) is 0 Å². The van der Waals surface area contributed by atoms with Gasteiger partial charge in [0.1, 0.15) is 18.2 Å². The van der Waals surface area contributed by atoms with Crippen LogP contribution >= 0.6 is 12.4 Å². The maximum absolute atomic E-state index is 12.7. The highest BCUT2D eigenvalue weighted by Gasteiger charge is 2.20. The molecule has 0 aromatic heterocycles. The zero-order chi connectivity index (χ0) is 21.3. The topological polar surface area (TPSA) is 97.4 Å². The van der Waals surface area contributed by atoms with E-state index < -0.39 is 6.10 Å². The minimum atomic E-state index is -0.748. The first-order valence-corrected chi connectivity index (χ1v) is 9.57. The minimum absolute atomic E-state index is 0. The van der Waals surface area contributed by atoms with E-state index in [2.05, 4.69) is 5.32 Å². The Morgan fingerprint density at radius 1 is 1.00 bits per heavy atom. The summed E-state index contributed by atoms with van der Waals surface area (Å²) in [4.78, 5) is 12.7. The Morgan fingerprint density at radius 2 is 1.71 bits per heavy atom. The first kappa shape index (κ1) is 23.9. The van der Waals surface area contributed by atoms with Crippen molar-refractivity contribution < 1.29 is 14.3 Å². The number of nitrogens with one attached hydrogen (secondary N) is 2. The lowest BCUT2D eigenvalue weighted by Crippen LogP contribution is -2.30. The van der Waals surface area contributed by atoms with E-state index in [1.54, 1.807) is 12.1 Å². The van der Waals surface area contributed by atoms with Crippen molar-refractivity contribution in [2.75, 3.05) is 7.11 Å². The average molecular weight is 440 g/mol. The summed E-state index contributed by atoms with van der Waals surface area (Å²) in [6.07, 6.45) is -0.748. The molecule has 1 amide bonds. The van der Waals surface area contributed by atoms with Gasteiger partial charge in [0.2, 0.25) is 0 Å². The van der Waals surface area contributed by atoms with Crippen molar-refractivity contribution in [3.8, 4) is 5.75 Å². The number of ether oxygens (including phenoxy) is 2. The van der Waals surface area contributed by atoms with Crippen molar-refractivity contribution in [1.82, 2.24) is 5.32 Å². The molecule has 0 saturated heterocycles. The molecule has 0 heterocycles. The van der Waals surface area contributed by atoms with Crippen LogP contribution in [0.15, 0.2) is 78.9 Å². The van der Waals surface area contributed by atoms with Gasteiger partial charge in [-0.25, -0.2) is 0 Å². The van der Waals surface area contributed by atoms with Crippen LogP contribution in [0.5, 0.6) is 5.75 Å². The molecule has 4 N–H and O–H groups in total. The van der Waals surface area contributed by atoms with Crippen molar-refractivity contribution in [3.05, 3.63) is 101 Å². The van der Waals surface area contributed by atoms with Crippen molar-refractivity contribution >= 4 is 24.1 Å². The van der Waals surface area contributed by atoms with Crippen molar-refractivity contribution in [1.29, 1.82) is 5.41 Å². The first-order chi connectivity index (χ1) is 14.6. The lowest BCUT2D eigenvalue weighted by atomic mass is 10.1. The van der Waals surface area contributed by atoms with E-state index >= 15 is 0 Å². The van der Waals surface area contributed by atoms with Crippen LogP contribution in [0.1, 0.15) is 28.4 Å². The van der Waals surface area contributed by atoms with E-state index in [1.165, 1.54) is 7.11 Å². The smallest absolute Gasteiger partial charge is 0.254 e. The normalized spacial score (nSPS) is 11.1. The average Bonchev–Trinajstić information content (AvgIpc) is 2.78. The molecule has 0 bridgehead atoms. The van der Waals surface area contributed by atoms with Crippen LogP contribution in [0.4, 0.5) is 0 Å². The number of halogens is 1. The molecule has 3 rings (SSSR count). The van der Waals surface area contributed by atoms with Gasteiger partial charge in [0.25, 0.3) is 5.91 Å². The summed E-state index contributed by atoms with van der Waals surface area (Å²) in [5.41, 5.74) is 8.80. The number of nitrogens with two attached hydrogens (primary N) is 1. The van der Waals surface area contributed by atoms with Gasteiger partial charge in [0, 0.05) is 19.2 Å². The van der Waals surface area contributed by atoms with Crippen LogP contribution in [0.25, 0.3) is 0 Å². The summed E-state index contributed by atoms with van der Waals surface area (Å²) in [6.45, 7) is 0.797. The molecule has 6 nitrogen and oxygen atoms in total. The van der Waals surface area contributed by atoms with Gasteiger partial charge in [-0.2, -0.15) is 0 Å². The van der Waals surface area contributed by atoms with E-state index in [9.17, 15) is 4.79 Å². The van der Waals surface area contributed by atoms with Gasteiger partial charge in [-0.3, -0.25) is 10.2 Å². The lowest BCUT2D eigenvalue weighted by Gasteiger charge is -2.17. The molecular formula is C24H26ClN3O3. The summed E-state index contributed by atoms with van der Waals surface area (Å²) in [5, 5.41) is 10.3. The van der Waals surface area contributed by atoms with Gasteiger partial charge in [0.15, 0.2) is 6.10 Å². The molecule has 0 aliphatic carbocycles. The number of carbonyl (C=O) groups excluding carboxylic acids is 1. The van der Waals surface area contributed by atoms with Crippen LogP contribution in [0.3, 0.4) is 0 Å². The zero-order valence-electron chi connectivity index (χ0n) is 17.2. The summed E-state index contributed by atoms with van der Waals surface area (Å²) in [5.74, 6) is 0.443.